The van der Waals surface area contributed by atoms with Crippen LogP contribution in [0.2, 0.25) is 0 Å². The van der Waals surface area contributed by atoms with Crippen molar-refractivity contribution in [2.75, 3.05) is 6.54 Å². The summed E-state index contributed by atoms with van der Waals surface area (Å²) in [6.45, 7) is 4.40. The highest BCUT2D eigenvalue weighted by Crippen LogP contribution is 2.26. The Kier molecular flexibility index (Phi) is 5.46. The van der Waals surface area contributed by atoms with E-state index >= 15 is 0 Å². The first-order chi connectivity index (χ1) is 10.1. The molecule has 7 heteroatoms. The van der Waals surface area contributed by atoms with Crippen molar-refractivity contribution in [3.05, 3.63) is 34.6 Å². The Morgan fingerprint density at radius 3 is 2.81 bits per heavy atom. The van der Waals surface area contributed by atoms with E-state index in [2.05, 4.69) is 36.8 Å². The number of carbonyl (C=O) groups excluding carboxylic acids is 1. The number of halogens is 1. The molecule has 1 amide bonds. The molecular formula is C14H17BrN4O2. The van der Waals surface area contributed by atoms with Crippen LogP contribution < -0.4 is 10.6 Å². The van der Waals surface area contributed by atoms with E-state index in [1.165, 1.54) is 0 Å². The van der Waals surface area contributed by atoms with E-state index in [1.54, 1.807) is 0 Å². The Hall–Kier alpha value is -1.73. The van der Waals surface area contributed by atoms with Gasteiger partial charge in [0.05, 0.1) is 18.7 Å². The molecule has 0 saturated carbocycles. The van der Waals surface area contributed by atoms with Crippen LogP contribution in [0.4, 0.5) is 0 Å². The van der Waals surface area contributed by atoms with Crippen LogP contribution in [-0.2, 0) is 11.3 Å². The number of rotatable bonds is 6. The number of hydrogen-bond donors (Lipinski definition) is 2. The maximum Gasteiger partial charge on any atom is 0.248 e. The van der Waals surface area contributed by atoms with Gasteiger partial charge in [0, 0.05) is 10.5 Å². The minimum atomic E-state index is -0.0597. The van der Waals surface area contributed by atoms with Crippen molar-refractivity contribution in [2.45, 2.75) is 26.4 Å². The Morgan fingerprint density at radius 1 is 1.33 bits per heavy atom. The van der Waals surface area contributed by atoms with Gasteiger partial charge >= 0.3 is 0 Å². The monoisotopic (exact) mass is 352 g/mol. The molecule has 21 heavy (non-hydrogen) atoms. The molecule has 0 atom stereocenters. The third-order valence-electron chi connectivity index (χ3n) is 2.58. The number of nitrogens with one attached hydrogen (secondary N) is 2. The lowest BCUT2D eigenvalue weighted by molar-refractivity contribution is -0.120. The van der Waals surface area contributed by atoms with Crippen LogP contribution in [0.3, 0.4) is 0 Å². The van der Waals surface area contributed by atoms with Crippen LogP contribution in [0.25, 0.3) is 11.5 Å². The van der Waals surface area contributed by atoms with Crippen LogP contribution in [0.15, 0.2) is 33.2 Å². The molecule has 6 nitrogen and oxygen atoms in total. The molecule has 0 aliphatic rings. The second-order valence-corrected chi connectivity index (χ2v) is 5.66. The second-order valence-electron chi connectivity index (χ2n) is 4.81. The van der Waals surface area contributed by atoms with Gasteiger partial charge in [-0.25, -0.2) is 0 Å². The number of benzene rings is 1. The maximum atomic E-state index is 11.5. The van der Waals surface area contributed by atoms with Crippen LogP contribution in [0.1, 0.15) is 19.7 Å². The summed E-state index contributed by atoms with van der Waals surface area (Å²) in [5.41, 5.74) is 0.841. The largest absolute Gasteiger partial charge is 0.419 e. The van der Waals surface area contributed by atoms with E-state index < -0.39 is 0 Å². The molecule has 0 bridgehead atoms. The predicted octanol–water partition coefficient (Wildman–Crippen LogP) is 2.11. The Balaban J connectivity index is 1.89. The zero-order chi connectivity index (χ0) is 15.2. The zero-order valence-electron chi connectivity index (χ0n) is 11.9. The fourth-order valence-electron chi connectivity index (χ4n) is 1.72. The number of amides is 1. The lowest BCUT2D eigenvalue weighted by atomic mass is 10.2. The second kappa shape index (κ2) is 7.33. The molecule has 2 N–H and O–H groups in total. The predicted molar refractivity (Wildman–Crippen MR) is 82.4 cm³/mol. The molecule has 0 saturated heterocycles. The van der Waals surface area contributed by atoms with E-state index in [-0.39, 0.29) is 18.5 Å². The summed E-state index contributed by atoms with van der Waals surface area (Å²) in [6.07, 6.45) is 0. The molecule has 0 spiro atoms. The minimum Gasteiger partial charge on any atom is -0.419 e. The highest BCUT2D eigenvalue weighted by Gasteiger charge is 2.11. The van der Waals surface area contributed by atoms with Gasteiger partial charge in [0.2, 0.25) is 17.7 Å². The van der Waals surface area contributed by atoms with E-state index in [4.69, 9.17) is 4.42 Å². The van der Waals surface area contributed by atoms with Crippen LogP contribution in [-0.4, -0.2) is 28.7 Å². The van der Waals surface area contributed by atoms with Crippen molar-refractivity contribution in [3.63, 3.8) is 0 Å². The zero-order valence-corrected chi connectivity index (χ0v) is 13.5. The summed E-state index contributed by atoms with van der Waals surface area (Å²) in [4.78, 5) is 11.5. The molecule has 0 aliphatic heterocycles. The summed E-state index contributed by atoms with van der Waals surface area (Å²) in [5, 5.41) is 13.7. The van der Waals surface area contributed by atoms with Crippen molar-refractivity contribution in [2.24, 2.45) is 0 Å². The van der Waals surface area contributed by atoms with Gasteiger partial charge in [-0.05, 0) is 41.9 Å². The van der Waals surface area contributed by atoms with Crippen molar-refractivity contribution in [3.8, 4) is 11.5 Å². The maximum absolute atomic E-state index is 11.5. The van der Waals surface area contributed by atoms with Gasteiger partial charge in [-0.3, -0.25) is 10.1 Å². The minimum absolute atomic E-state index is 0.0597. The molecular weight excluding hydrogens is 336 g/mol. The number of aromatic nitrogens is 2. The average molecular weight is 353 g/mol. The quantitative estimate of drug-likeness (QED) is 0.832. The molecule has 1 aromatic carbocycles. The first-order valence-corrected chi connectivity index (χ1v) is 7.43. The normalized spacial score (nSPS) is 10.9. The highest BCUT2D eigenvalue weighted by atomic mass is 79.9. The number of hydrogen-bond acceptors (Lipinski definition) is 5. The molecule has 0 radical (unpaired) electrons. The van der Waals surface area contributed by atoms with Crippen molar-refractivity contribution in [1.82, 2.24) is 20.8 Å². The SMILES string of the molecule is CC(C)NC(=O)CNCc1nnc(-c2ccccc2Br)o1. The third kappa shape index (κ3) is 4.64. The molecule has 2 aromatic rings. The molecule has 1 heterocycles. The molecule has 0 fully saturated rings. The Morgan fingerprint density at radius 2 is 2.10 bits per heavy atom. The third-order valence-corrected chi connectivity index (χ3v) is 3.27. The Labute approximate surface area is 131 Å². The van der Waals surface area contributed by atoms with Crippen molar-refractivity contribution < 1.29 is 9.21 Å². The molecule has 2 rings (SSSR count). The van der Waals surface area contributed by atoms with Crippen molar-refractivity contribution in [1.29, 1.82) is 0 Å². The molecule has 0 aliphatic carbocycles. The van der Waals surface area contributed by atoms with Gasteiger partial charge in [-0.2, -0.15) is 0 Å². The highest BCUT2D eigenvalue weighted by molar-refractivity contribution is 9.10. The standard InChI is InChI=1S/C14H17BrN4O2/c1-9(2)17-12(20)7-16-8-13-18-19-14(21-13)10-5-3-4-6-11(10)15/h3-6,9,16H,7-8H2,1-2H3,(H,17,20). The fourth-order valence-corrected chi connectivity index (χ4v) is 2.18. The van der Waals surface area contributed by atoms with E-state index in [0.29, 0.717) is 18.3 Å². The summed E-state index contributed by atoms with van der Waals surface area (Å²) >= 11 is 3.44. The van der Waals surface area contributed by atoms with Gasteiger partial charge in [-0.15, -0.1) is 10.2 Å². The number of carbonyl (C=O) groups is 1. The van der Waals surface area contributed by atoms with Gasteiger partial charge in [0.15, 0.2) is 0 Å². The smallest absolute Gasteiger partial charge is 0.248 e. The fraction of sp³-hybridized carbons (Fsp3) is 0.357. The summed E-state index contributed by atoms with van der Waals surface area (Å²) in [7, 11) is 0. The number of nitrogens with zero attached hydrogens (tertiary/aromatic N) is 2. The van der Waals surface area contributed by atoms with Crippen LogP contribution in [0, 0.1) is 0 Å². The van der Waals surface area contributed by atoms with E-state index in [9.17, 15) is 4.79 Å². The summed E-state index contributed by atoms with van der Waals surface area (Å²) < 4.78 is 6.46. The van der Waals surface area contributed by atoms with E-state index in [1.807, 2.05) is 38.1 Å². The first-order valence-electron chi connectivity index (χ1n) is 6.63. The molecule has 112 valence electrons. The van der Waals surface area contributed by atoms with E-state index in [0.717, 1.165) is 10.0 Å². The topological polar surface area (TPSA) is 80.0 Å². The summed E-state index contributed by atoms with van der Waals surface area (Å²) in [6, 6.07) is 7.75. The summed E-state index contributed by atoms with van der Waals surface area (Å²) in [5.74, 6) is 0.833. The first kappa shape index (κ1) is 15.7. The Bertz CT molecular complexity index is 613. The van der Waals surface area contributed by atoms with Crippen LogP contribution in [0.5, 0.6) is 0 Å². The van der Waals surface area contributed by atoms with Crippen molar-refractivity contribution >= 4 is 21.8 Å². The average Bonchev–Trinajstić information content (AvgIpc) is 2.87. The van der Waals surface area contributed by atoms with Gasteiger partial charge < -0.3 is 9.73 Å². The van der Waals surface area contributed by atoms with Gasteiger partial charge in [0.1, 0.15) is 0 Å². The molecule has 0 unspecified atom stereocenters. The molecule has 1 aromatic heterocycles. The lowest BCUT2D eigenvalue weighted by Crippen LogP contribution is -2.37. The van der Waals surface area contributed by atoms with Gasteiger partial charge in [-0.1, -0.05) is 12.1 Å². The van der Waals surface area contributed by atoms with Crippen LogP contribution >= 0.6 is 15.9 Å². The van der Waals surface area contributed by atoms with Gasteiger partial charge in [0.25, 0.3) is 0 Å². The lowest BCUT2D eigenvalue weighted by Gasteiger charge is -2.07.